The van der Waals surface area contributed by atoms with Crippen molar-refractivity contribution in [3.8, 4) is 0 Å². The molecular weight excluding hydrogens is 1830 g/mol. The SMILES string of the molecule is C/C(=C\c1csc(C)n1)[C@@H]1C[C@@H]2O[C@@H]2CCC[C@H](C)[C@H](O)[C@@H](C)C(=O)C(C)(C)[C@@H](O)CC(=O)O1.COC1/C=C/C=C/C=C/C=C/C=C/C=C/C=C/C(C)C(C(C)CC(C)C(O)CC(=O)c2ccc(N)cc2)OC(=O)CC(=O)CCCC(=O)CC(O)CC(O)CC(O)CC2(O)CC(O)C(C(=O)O)C(C1)O2.CO[C@H]1CCCC[C@@H](c2ccccc2)OC(=O)[C@@H](C)[C@@]2(O)O[C@H]([C@@H](C)[C@H](O)[C@H]2OC)[C@@H](C)/C=C/[C@H]1OC. The number of aryl methyl sites for hydroxylation is 1. The maximum Gasteiger partial charge on any atom is 0.314 e. The number of ether oxygens (including phenoxy) is 10. The first-order valence-corrected chi connectivity index (χ1v) is 50.5. The molecule has 32 heteroatoms. The van der Waals surface area contributed by atoms with Crippen molar-refractivity contribution < 1.29 is 142 Å². The number of cyclic esters (lactones) is 3. The van der Waals surface area contributed by atoms with E-state index in [4.69, 9.17) is 53.1 Å². The zero-order chi connectivity index (χ0) is 104. The molecule has 141 heavy (non-hydrogen) atoms. The molecule has 30 atom stereocenters. The standard InChI is InChI=1S/C54H75NO15.C29H44O8.C26H39NO6S/c1-35-18-15-13-11-9-7-5-6-8-10-12-14-16-21-45(68-4)31-49-51(53(65)66)48(63)34-54(67,70-49)33-44(60)29-43(59)28-42(58)27-40(56)19-17-20-41(57)30-50(64)69-52(35)37(3)26-36(2)46(61)32-47(62)38-22-24-39(55)25-23-38;1-18-16-17-24(34-5)23(33-4)15-11-10-14-22(21-12-8-7-9-13-21)36-28(31)20(3)29(32)27(35-6)25(30)19(2)26(18)37-29;1-14-8-7-9-19-21(32-19)11-20(15(2)10-18-13-34-17(4)27-18)33-23(29)12-22(28)26(5,6)25(31)16(3)24(14)30/h5-16,18,21-25,35-37,42-46,48-49,51-52,58-61,63,67H,17,19-20,26-34,55H2,1-4H3,(H,65,66);7-9,12-13,16-20,22-27,30,32H,10-11,14-15H2,1-6H3;10,13-14,16,19-22,24,28,30H,7-9,11-12H2,1-6H3/b6-5+,9-7+,10-8+,13-11+,14-12+,18-15+,21-16+;17-16+;15-10+/t;18-,19-,20+,22-,23-,24+,25-,26-,27+,29+;14-,16+,19+,20-,21-,22-,24-/m.00/s1. The number of aromatic nitrogens is 1. The molecule has 4 fully saturated rings. The molecule has 0 aliphatic carbocycles. The van der Waals surface area contributed by atoms with Gasteiger partial charge in [0.1, 0.15) is 66.1 Å². The number of allylic oxidation sites excluding steroid dienone is 12. The lowest BCUT2D eigenvalue weighted by molar-refractivity contribution is -0.360. The van der Waals surface area contributed by atoms with Crippen LogP contribution in [0.25, 0.3) is 6.08 Å². The fourth-order valence-corrected chi connectivity index (χ4v) is 19.7. The zero-order valence-electron chi connectivity index (χ0n) is 84.8. The van der Waals surface area contributed by atoms with Crippen LogP contribution < -0.4 is 5.73 Å². The predicted octanol–water partition coefficient (Wildman–Crippen LogP) is 13.5. The molecule has 0 saturated carbocycles. The van der Waals surface area contributed by atoms with E-state index in [1.165, 1.54) is 14.2 Å². The van der Waals surface area contributed by atoms with Crippen LogP contribution in [0.15, 0.2) is 163 Å². The number of carbonyl (C=O) groups excluding carboxylic acids is 7. The number of fused-ring (bicyclic) bond motifs is 5. The number of anilines is 1. The average molecular weight is 1990 g/mol. The third kappa shape index (κ3) is 37.8. The summed E-state index contributed by atoms with van der Waals surface area (Å²) >= 11 is 1.56. The van der Waals surface area contributed by atoms with Gasteiger partial charge in [-0.3, -0.25) is 38.4 Å². The smallest absolute Gasteiger partial charge is 0.314 e. The van der Waals surface area contributed by atoms with E-state index in [0.29, 0.717) is 30.5 Å². The van der Waals surface area contributed by atoms with E-state index in [2.05, 4.69) is 4.98 Å². The van der Waals surface area contributed by atoms with Gasteiger partial charge in [-0.15, -0.1) is 11.3 Å². The highest BCUT2D eigenvalue weighted by Crippen LogP contribution is 2.45. The molecule has 6 aliphatic rings. The maximum atomic E-state index is 13.5. The molecule has 0 radical (unpaired) electrons. The number of nitrogens with zero attached hydrogens (tertiary/aromatic N) is 1. The van der Waals surface area contributed by atoms with Gasteiger partial charge < -0.3 is 109 Å². The number of methoxy groups -OCH3 is 4. The Morgan fingerprint density at radius 1 is 0.624 bits per heavy atom. The summed E-state index contributed by atoms with van der Waals surface area (Å²) in [6.45, 7) is 21.7. The highest BCUT2D eigenvalue weighted by molar-refractivity contribution is 7.09. The van der Waals surface area contributed by atoms with Gasteiger partial charge >= 0.3 is 23.9 Å². The number of rotatable bonds is 15. The van der Waals surface area contributed by atoms with Crippen LogP contribution in [0.1, 0.15) is 244 Å². The number of nitrogens with two attached hydrogens (primary N) is 1. The first kappa shape index (κ1) is 119. The predicted molar refractivity (Wildman–Crippen MR) is 534 cm³/mol. The quantitative estimate of drug-likeness (QED) is 0.0128. The number of aliphatic hydroxyl groups excluding tert-OH is 8. The largest absolute Gasteiger partial charge is 0.481 e. The first-order chi connectivity index (χ1) is 66.8. The molecule has 1 aromatic heterocycles. The molecule has 13 N–H and O–H groups in total. The number of ketones is 4. The minimum atomic E-state index is -2.17. The monoisotopic (exact) mass is 1990 g/mol. The third-order valence-electron chi connectivity index (χ3n) is 27.9. The highest BCUT2D eigenvalue weighted by atomic mass is 32.1. The number of aliphatic carboxylic acids is 1. The Kier molecular flexibility index (Phi) is 49.5. The Morgan fingerprint density at radius 2 is 1.25 bits per heavy atom. The molecule has 0 spiro atoms. The summed E-state index contributed by atoms with van der Waals surface area (Å²) in [7, 11) is 6.14. The summed E-state index contributed by atoms with van der Waals surface area (Å²) in [5, 5.41) is 123. The Bertz CT molecular complexity index is 4690. The number of Topliss-reactive ketones (excluding diaryl/α,β-unsaturated/α-hetero) is 4. The third-order valence-corrected chi connectivity index (χ3v) is 28.7. The number of thiazole rings is 1. The van der Waals surface area contributed by atoms with Crippen molar-refractivity contribution in [3.05, 3.63) is 185 Å². The summed E-state index contributed by atoms with van der Waals surface area (Å²) in [5.74, 6) is -13.6. The summed E-state index contributed by atoms with van der Waals surface area (Å²) < 4.78 is 58.3. The number of carboxylic acids is 1. The number of epoxide rings is 1. The van der Waals surface area contributed by atoms with Gasteiger partial charge in [0.05, 0.1) is 108 Å². The topological polar surface area (TPSA) is 494 Å². The Balaban J connectivity index is 0.000000317. The summed E-state index contributed by atoms with van der Waals surface area (Å²) in [6.07, 6.45) is 19.1. The van der Waals surface area contributed by atoms with Crippen molar-refractivity contribution in [1.82, 2.24) is 4.98 Å². The van der Waals surface area contributed by atoms with Gasteiger partial charge in [-0.1, -0.05) is 203 Å². The van der Waals surface area contributed by atoms with Crippen molar-refractivity contribution in [1.29, 1.82) is 0 Å². The van der Waals surface area contributed by atoms with Gasteiger partial charge in [0.25, 0.3) is 0 Å². The van der Waals surface area contributed by atoms with E-state index in [0.717, 1.165) is 60.4 Å². The molecule has 3 aromatic rings. The molecule has 13 unspecified atom stereocenters. The number of hydrogen-bond donors (Lipinski definition) is 12. The molecule has 784 valence electrons. The fraction of sp³-hybridized carbons (Fsp3) is 0.624. The van der Waals surface area contributed by atoms with Crippen LogP contribution in [0.2, 0.25) is 0 Å². The molecule has 6 aliphatic heterocycles. The van der Waals surface area contributed by atoms with Crippen molar-refractivity contribution in [2.75, 3.05) is 34.2 Å². The minimum Gasteiger partial charge on any atom is -0.481 e. The Morgan fingerprint density at radius 3 is 1.86 bits per heavy atom. The number of esters is 3. The molecule has 4 bridgehead atoms. The van der Waals surface area contributed by atoms with Crippen LogP contribution in [0.5, 0.6) is 0 Å². The van der Waals surface area contributed by atoms with Gasteiger partial charge in [0.2, 0.25) is 5.79 Å². The number of carbonyl (C=O) groups is 8. The van der Waals surface area contributed by atoms with E-state index in [9.17, 15) is 94.5 Å². The van der Waals surface area contributed by atoms with Gasteiger partial charge in [-0.2, -0.15) is 0 Å². The van der Waals surface area contributed by atoms with Crippen molar-refractivity contribution in [2.45, 2.75) is 345 Å². The summed E-state index contributed by atoms with van der Waals surface area (Å²) in [5.41, 5.74) is 8.08. The molecule has 31 nitrogen and oxygen atoms in total. The lowest BCUT2D eigenvalue weighted by Gasteiger charge is -2.51. The van der Waals surface area contributed by atoms with E-state index in [1.807, 2.05) is 164 Å². The zero-order valence-corrected chi connectivity index (χ0v) is 85.6. The average Bonchev–Trinajstić information content (AvgIpc) is 1.22. The second-order valence-corrected chi connectivity index (χ2v) is 40.8. The molecule has 9 rings (SSSR count). The number of benzene rings is 2. The van der Waals surface area contributed by atoms with E-state index >= 15 is 0 Å². The van der Waals surface area contributed by atoms with Crippen LogP contribution in [0.3, 0.4) is 0 Å². The second-order valence-electron chi connectivity index (χ2n) is 39.7. The number of hydrogen-bond acceptors (Lipinski definition) is 31. The Hall–Kier alpha value is -8.59. The molecule has 2 aromatic carbocycles. The maximum absolute atomic E-state index is 13.5. The second kappa shape index (κ2) is 58.5. The Labute approximate surface area is 835 Å². The fourth-order valence-electron chi connectivity index (χ4n) is 19.1. The van der Waals surface area contributed by atoms with Gasteiger partial charge in [-0.25, -0.2) is 4.98 Å². The van der Waals surface area contributed by atoms with Crippen molar-refractivity contribution in [2.24, 2.45) is 58.7 Å². The van der Waals surface area contributed by atoms with Crippen LogP contribution >= 0.6 is 11.3 Å². The van der Waals surface area contributed by atoms with Crippen molar-refractivity contribution in [3.63, 3.8) is 0 Å². The number of nitrogen functional groups attached to an aromatic ring is 1. The molecular formula is C109H158N2O29S. The number of aliphatic hydroxyl groups is 10. The number of carboxylic acid groups (broad SMARTS) is 1. The minimum absolute atomic E-state index is 0.00770. The molecule has 4 saturated heterocycles. The first-order valence-electron chi connectivity index (χ1n) is 49.6. The van der Waals surface area contributed by atoms with Crippen LogP contribution in [-0.4, -0.2) is 258 Å². The van der Waals surface area contributed by atoms with Crippen molar-refractivity contribution >= 4 is 70.1 Å². The molecule has 0 amide bonds. The van der Waals surface area contributed by atoms with Crippen LogP contribution in [-0.2, 0) is 80.9 Å². The lowest BCUT2D eigenvalue weighted by Crippen LogP contribution is -2.66. The van der Waals surface area contributed by atoms with Crippen LogP contribution in [0, 0.1) is 65.6 Å². The summed E-state index contributed by atoms with van der Waals surface area (Å²) in [4.78, 5) is 108. The van der Waals surface area contributed by atoms with Crippen LogP contribution in [0.4, 0.5) is 5.69 Å². The lowest BCUT2D eigenvalue weighted by atomic mass is 9.73. The highest BCUT2D eigenvalue weighted by Gasteiger charge is 2.59. The normalized spacial score (nSPS) is 36.1. The van der Waals surface area contributed by atoms with Gasteiger partial charge in [0.15, 0.2) is 11.6 Å². The van der Waals surface area contributed by atoms with Gasteiger partial charge in [0, 0.05) is 120 Å². The molecule has 7 heterocycles. The van der Waals surface area contributed by atoms with Gasteiger partial charge in [-0.05, 0) is 138 Å². The van der Waals surface area contributed by atoms with E-state index in [1.54, 1.807) is 108 Å². The summed E-state index contributed by atoms with van der Waals surface area (Å²) in [6, 6.07) is 16.1. The van der Waals surface area contributed by atoms with E-state index < -0.39 is 181 Å². The van der Waals surface area contributed by atoms with E-state index in [-0.39, 0.29) is 129 Å².